The van der Waals surface area contributed by atoms with E-state index in [1.165, 1.54) is 0 Å². The molecule has 0 radical (unpaired) electrons. The van der Waals surface area contributed by atoms with Gasteiger partial charge in [-0.05, 0) is 12.1 Å². The number of nitrogens with zero attached hydrogens (tertiary/aromatic N) is 1. The minimum atomic E-state index is -0.0481. The predicted octanol–water partition coefficient (Wildman–Crippen LogP) is 4.24. The van der Waals surface area contributed by atoms with Crippen LogP contribution in [0, 0.1) is 5.92 Å². The first-order valence-corrected chi connectivity index (χ1v) is 7.02. The molecule has 0 fully saturated rings. The molecule has 0 N–H and O–H groups in total. The van der Waals surface area contributed by atoms with Crippen LogP contribution in [0.1, 0.15) is 24.2 Å². The number of carbonyl (C=O) groups is 1. The number of rotatable bonds is 3. The van der Waals surface area contributed by atoms with Crippen molar-refractivity contribution in [2.75, 3.05) is 7.11 Å². The molecule has 21 heavy (non-hydrogen) atoms. The van der Waals surface area contributed by atoms with Gasteiger partial charge in [-0.1, -0.05) is 38.1 Å². The number of Topliss-reactive ketones (excluding diaryl/α,β-unsaturated/α-hetero) is 1. The van der Waals surface area contributed by atoms with Crippen molar-refractivity contribution in [3.63, 3.8) is 0 Å². The summed E-state index contributed by atoms with van der Waals surface area (Å²) in [5.74, 6) is 0.844. The molecule has 0 unspecified atom stereocenters. The highest BCUT2D eigenvalue weighted by atomic mass is 16.5. The summed E-state index contributed by atoms with van der Waals surface area (Å²) in [5.41, 5.74) is 1.55. The van der Waals surface area contributed by atoms with Gasteiger partial charge in [0.05, 0.1) is 12.6 Å². The van der Waals surface area contributed by atoms with Crippen LogP contribution in [0.3, 0.4) is 0 Å². The first-order chi connectivity index (χ1) is 10.1. The maximum absolute atomic E-state index is 12.4. The van der Waals surface area contributed by atoms with E-state index in [0.717, 1.165) is 27.4 Å². The van der Waals surface area contributed by atoms with E-state index < -0.39 is 0 Å². The second-order valence-corrected chi connectivity index (χ2v) is 5.40. The Morgan fingerprint density at radius 2 is 1.81 bits per heavy atom. The zero-order valence-electron chi connectivity index (χ0n) is 12.4. The zero-order valence-corrected chi connectivity index (χ0v) is 12.4. The van der Waals surface area contributed by atoms with Gasteiger partial charge in [0.1, 0.15) is 5.75 Å². The zero-order chi connectivity index (χ0) is 15.0. The molecule has 1 aromatic heterocycles. The standard InChI is InChI=1S/C18H17NO2/c1-11(2)18(20)14-8-9-19-17-13-7-5-4-6-12(13)16(21-3)10-15(14)17/h4-11H,1-3H3. The number of aromatic nitrogens is 1. The third-order valence-electron chi connectivity index (χ3n) is 3.72. The molecule has 0 atom stereocenters. The smallest absolute Gasteiger partial charge is 0.166 e. The molecular formula is C18H17NO2. The molecule has 2 aromatic carbocycles. The average Bonchev–Trinajstić information content (AvgIpc) is 2.52. The molecule has 0 amide bonds. The highest BCUT2D eigenvalue weighted by Crippen LogP contribution is 2.34. The first-order valence-electron chi connectivity index (χ1n) is 7.02. The van der Waals surface area contributed by atoms with Gasteiger partial charge in [0.25, 0.3) is 0 Å². The van der Waals surface area contributed by atoms with Gasteiger partial charge in [-0.25, -0.2) is 0 Å². The van der Waals surface area contributed by atoms with Gasteiger partial charge in [0.15, 0.2) is 5.78 Å². The number of benzene rings is 2. The van der Waals surface area contributed by atoms with Gasteiger partial charge in [0, 0.05) is 33.8 Å². The monoisotopic (exact) mass is 279 g/mol. The van der Waals surface area contributed by atoms with Gasteiger partial charge < -0.3 is 4.74 Å². The summed E-state index contributed by atoms with van der Waals surface area (Å²) in [5, 5.41) is 2.87. The normalized spacial score (nSPS) is 11.2. The fourth-order valence-corrected chi connectivity index (χ4v) is 2.64. The first kappa shape index (κ1) is 13.6. The predicted molar refractivity (Wildman–Crippen MR) is 85.0 cm³/mol. The fourth-order valence-electron chi connectivity index (χ4n) is 2.64. The third kappa shape index (κ3) is 2.15. The Morgan fingerprint density at radius 1 is 1.10 bits per heavy atom. The van der Waals surface area contributed by atoms with Gasteiger partial charge in [-0.2, -0.15) is 0 Å². The van der Waals surface area contributed by atoms with E-state index >= 15 is 0 Å². The SMILES string of the molecule is COc1cc2c(C(=O)C(C)C)ccnc2c2ccccc12. The lowest BCUT2D eigenvalue weighted by atomic mass is 9.95. The Balaban J connectivity index is 2.44. The summed E-state index contributed by atoms with van der Waals surface area (Å²) < 4.78 is 5.49. The molecule has 0 aliphatic heterocycles. The van der Waals surface area contributed by atoms with Crippen LogP contribution in [0.25, 0.3) is 21.7 Å². The molecule has 3 nitrogen and oxygen atoms in total. The lowest BCUT2D eigenvalue weighted by molar-refractivity contribution is 0.0941. The number of ether oxygens (including phenoxy) is 1. The molecular weight excluding hydrogens is 262 g/mol. The van der Waals surface area contributed by atoms with Crippen molar-refractivity contribution < 1.29 is 9.53 Å². The van der Waals surface area contributed by atoms with Gasteiger partial charge >= 0.3 is 0 Å². The van der Waals surface area contributed by atoms with Crippen molar-refractivity contribution in [3.8, 4) is 5.75 Å². The van der Waals surface area contributed by atoms with E-state index in [1.807, 2.05) is 44.2 Å². The Bertz CT molecular complexity index is 837. The molecule has 0 saturated carbocycles. The topological polar surface area (TPSA) is 39.2 Å². The maximum Gasteiger partial charge on any atom is 0.166 e. The van der Waals surface area contributed by atoms with E-state index in [1.54, 1.807) is 19.4 Å². The second kappa shape index (κ2) is 5.17. The lowest BCUT2D eigenvalue weighted by Gasteiger charge is -2.12. The molecule has 1 heterocycles. The van der Waals surface area contributed by atoms with Crippen molar-refractivity contribution in [1.29, 1.82) is 0 Å². The van der Waals surface area contributed by atoms with E-state index in [9.17, 15) is 4.79 Å². The minimum Gasteiger partial charge on any atom is -0.496 e. The molecule has 0 bridgehead atoms. The van der Waals surface area contributed by atoms with Crippen LogP contribution < -0.4 is 4.74 Å². The average molecular weight is 279 g/mol. The Labute approximate surface area is 123 Å². The molecule has 0 spiro atoms. The summed E-state index contributed by atoms with van der Waals surface area (Å²) >= 11 is 0. The largest absolute Gasteiger partial charge is 0.496 e. The number of ketones is 1. The van der Waals surface area contributed by atoms with Crippen molar-refractivity contribution in [1.82, 2.24) is 4.98 Å². The molecule has 106 valence electrons. The second-order valence-electron chi connectivity index (χ2n) is 5.40. The molecule has 0 aliphatic rings. The van der Waals surface area contributed by atoms with Crippen LogP contribution in [0.4, 0.5) is 0 Å². The highest BCUT2D eigenvalue weighted by Gasteiger charge is 2.17. The maximum atomic E-state index is 12.4. The Kier molecular flexibility index (Phi) is 3.34. The van der Waals surface area contributed by atoms with E-state index in [0.29, 0.717) is 5.56 Å². The highest BCUT2D eigenvalue weighted by molar-refractivity contribution is 6.16. The van der Waals surface area contributed by atoms with Crippen LogP contribution in [0.2, 0.25) is 0 Å². The molecule has 0 aliphatic carbocycles. The quantitative estimate of drug-likeness (QED) is 0.532. The van der Waals surface area contributed by atoms with Crippen molar-refractivity contribution >= 4 is 27.5 Å². The summed E-state index contributed by atoms with van der Waals surface area (Å²) in [6.07, 6.45) is 1.71. The fraction of sp³-hybridized carbons (Fsp3) is 0.222. The van der Waals surface area contributed by atoms with Gasteiger partial charge in [0.2, 0.25) is 0 Å². The summed E-state index contributed by atoms with van der Waals surface area (Å²) in [4.78, 5) is 16.9. The van der Waals surface area contributed by atoms with Crippen molar-refractivity contribution in [3.05, 3.63) is 48.2 Å². The number of hydrogen-bond donors (Lipinski definition) is 0. The lowest BCUT2D eigenvalue weighted by Crippen LogP contribution is -2.08. The van der Waals surface area contributed by atoms with E-state index in [4.69, 9.17) is 4.74 Å². The Hall–Kier alpha value is -2.42. The van der Waals surface area contributed by atoms with E-state index in [-0.39, 0.29) is 11.7 Å². The van der Waals surface area contributed by atoms with Gasteiger partial charge in [-0.3, -0.25) is 9.78 Å². The molecule has 3 aromatic rings. The summed E-state index contributed by atoms with van der Waals surface area (Å²) in [7, 11) is 1.65. The molecule has 0 saturated heterocycles. The van der Waals surface area contributed by atoms with Crippen LogP contribution in [-0.4, -0.2) is 17.9 Å². The number of hydrogen-bond acceptors (Lipinski definition) is 3. The Morgan fingerprint density at radius 3 is 2.48 bits per heavy atom. The van der Waals surface area contributed by atoms with Crippen molar-refractivity contribution in [2.45, 2.75) is 13.8 Å². The number of fused-ring (bicyclic) bond motifs is 3. The number of carbonyl (C=O) groups excluding carboxylic acids is 1. The number of pyridine rings is 1. The van der Waals surface area contributed by atoms with Gasteiger partial charge in [-0.15, -0.1) is 0 Å². The minimum absolute atomic E-state index is 0.0481. The third-order valence-corrected chi connectivity index (χ3v) is 3.72. The van der Waals surface area contributed by atoms with Crippen molar-refractivity contribution in [2.24, 2.45) is 5.92 Å². The number of methoxy groups -OCH3 is 1. The summed E-state index contributed by atoms with van der Waals surface area (Å²) in [6, 6.07) is 11.7. The molecule has 3 heteroatoms. The summed E-state index contributed by atoms with van der Waals surface area (Å²) in [6.45, 7) is 3.82. The van der Waals surface area contributed by atoms with Crippen LogP contribution in [0.5, 0.6) is 5.75 Å². The van der Waals surface area contributed by atoms with Crippen LogP contribution in [-0.2, 0) is 0 Å². The van der Waals surface area contributed by atoms with E-state index in [2.05, 4.69) is 4.98 Å². The van der Waals surface area contributed by atoms with Crippen LogP contribution >= 0.6 is 0 Å². The van der Waals surface area contributed by atoms with Crippen LogP contribution in [0.15, 0.2) is 42.6 Å². The molecule has 3 rings (SSSR count).